The molecule has 0 aliphatic rings. The molecule has 110 valence electrons. The molecule has 1 N–H and O–H groups in total. The summed E-state index contributed by atoms with van der Waals surface area (Å²) in [5.41, 5.74) is -0.286. The van der Waals surface area contributed by atoms with Crippen molar-refractivity contribution in [2.24, 2.45) is 0 Å². The highest BCUT2D eigenvalue weighted by atomic mass is 16.3. The topological polar surface area (TPSA) is 23.5 Å². The first-order valence-corrected chi connectivity index (χ1v) is 7.35. The molecule has 0 aliphatic carbocycles. The summed E-state index contributed by atoms with van der Waals surface area (Å²) >= 11 is 0. The Bertz CT molecular complexity index is 671. The Labute approximate surface area is 127 Å². The predicted octanol–water partition coefficient (Wildman–Crippen LogP) is 3.39. The van der Waals surface area contributed by atoms with Crippen molar-refractivity contribution >= 4 is 10.8 Å². The van der Waals surface area contributed by atoms with Gasteiger partial charge in [0.15, 0.2) is 0 Å². The van der Waals surface area contributed by atoms with E-state index >= 15 is 0 Å². The Morgan fingerprint density at radius 1 is 1.14 bits per heavy atom. The summed E-state index contributed by atoms with van der Waals surface area (Å²) in [4.78, 5) is 2.08. The van der Waals surface area contributed by atoms with Crippen LogP contribution < -0.4 is 0 Å². The Morgan fingerprint density at radius 3 is 2.48 bits per heavy atom. The van der Waals surface area contributed by atoms with Gasteiger partial charge in [0, 0.05) is 5.56 Å². The van der Waals surface area contributed by atoms with E-state index in [1.165, 1.54) is 0 Å². The minimum atomic E-state index is -1.15. The smallest absolute Gasteiger partial charge is 0.148 e. The molecule has 2 aromatic rings. The first kappa shape index (κ1) is 15.6. The van der Waals surface area contributed by atoms with Crippen LogP contribution in [0.5, 0.6) is 0 Å². The number of rotatable bonds is 3. The summed E-state index contributed by atoms with van der Waals surface area (Å²) in [7, 11) is 4.02. The van der Waals surface area contributed by atoms with Gasteiger partial charge in [-0.2, -0.15) is 0 Å². The zero-order valence-electron chi connectivity index (χ0n) is 13.2. The molecule has 0 radical (unpaired) electrons. The van der Waals surface area contributed by atoms with Crippen molar-refractivity contribution in [3.05, 3.63) is 48.0 Å². The van der Waals surface area contributed by atoms with Gasteiger partial charge in [0.05, 0.1) is 6.04 Å². The molecule has 0 saturated carbocycles. The van der Waals surface area contributed by atoms with Crippen molar-refractivity contribution in [2.75, 3.05) is 14.1 Å². The average molecular weight is 281 g/mol. The van der Waals surface area contributed by atoms with Crippen LogP contribution in [0.3, 0.4) is 0 Å². The molecule has 2 heteroatoms. The molecule has 2 nitrogen and oxygen atoms in total. The van der Waals surface area contributed by atoms with Crippen molar-refractivity contribution in [3.8, 4) is 11.8 Å². The molecule has 21 heavy (non-hydrogen) atoms. The van der Waals surface area contributed by atoms with E-state index in [0.717, 1.165) is 22.8 Å². The number of hydrogen-bond acceptors (Lipinski definition) is 2. The second-order valence-electron chi connectivity index (χ2n) is 5.76. The van der Waals surface area contributed by atoms with Crippen molar-refractivity contribution in [3.63, 3.8) is 0 Å². The molecular formula is C19H23NO. The summed E-state index contributed by atoms with van der Waals surface area (Å²) in [6.45, 7) is 3.87. The van der Waals surface area contributed by atoms with E-state index in [1.807, 2.05) is 44.4 Å². The summed E-state index contributed by atoms with van der Waals surface area (Å²) in [5.74, 6) is 6.26. The van der Waals surface area contributed by atoms with Gasteiger partial charge in [0.1, 0.15) is 5.60 Å². The third-order valence-electron chi connectivity index (χ3n) is 3.81. The normalized spacial score (nSPS) is 15.3. The van der Waals surface area contributed by atoms with Gasteiger partial charge in [-0.25, -0.2) is 0 Å². The Kier molecular flexibility index (Phi) is 4.67. The van der Waals surface area contributed by atoms with Gasteiger partial charge in [-0.15, -0.1) is 0 Å². The fraction of sp³-hybridized carbons (Fsp3) is 0.368. The second kappa shape index (κ2) is 6.30. The van der Waals surface area contributed by atoms with Gasteiger partial charge in [-0.1, -0.05) is 61.2 Å². The molecule has 0 saturated heterocycles. The van der Waals surface area contributed by atoms with E-state index in [4.69, 9.17) is 0 Å². The van der Waals surface area contributed by atoms with E-state index in [9.17, 15) is 5.11 Å². The maximum atomic E-state index is 10.8. The van der Waals surface area contributed by atoms with E-state index < -0.39 is 5.60 Å². The first-order chi connectivity index (χ1) is 9.95. The van der Waals surface area contributed by atoms with Crippen LogP contribution in [0.4, 0.5) is 0 Å². The molecule has 2 atom stereocenters. The fourth-order valence-corrected chi connectivity index (χ4v) is 2.54. The minimum Gasteiger partial charge on any atom is -0.374 e. The van der Waals surface area contributed by atoms with E-state index in [0.29, 0.717) is 0 Å². The van der Waals surface area contributed by atoms with Crippen molar-refractivity contribution < 1.29 is 5.11 Å². The van der Waals surface area contributed by atoms with Gasteiger partial charge in [0.25, 0.3) is 0 Å². The molecule has 0 amide bonds. The molecule has 0 aliphatic heterocycles. The van der Waals surface area contributed by atoms with Gasteiger partial charge in [0.2, 0.25) is 0 Å². The lowest BCUT2D eigenvalue weighted by Gasteiger charge is -2.21. The molecule has 0 fully saturated rings. The molecule has 0 heterocycles. The van der Waals surface area contributed by atoms with Crippen molar-refractivity contribution in [1.29, 1.82) is 0 Å². The van der Waals surface area contributed by atoms with Crippen molar-refractivity contribution in [2.45, 2.75) is 31.9 Å². The highest BCUT2D eigenvalue weighted by Gasteiger charge is 2.22. The first-order valence-electron chi connectivity index (χ1n) is 7.35. The van der Waals surface area contributed by atoms with Gasteiger partial charge < -0.3 is 5.11 Å². The van der Waals surface area contributed by atoms with Crippen LogP contribution in [0.15, 0.2) is 42.5 Å². The van der Waals surface area contributed by atoms with Crippen LogP contribution >= 0.6 is 0 Å². The zero-order chi connectivity index (χ0) is 15.5. The summed E-state index contributed by atoms with van der Waals surface area (Å²) in [5, 5.41) is 13.0. The molecular weight excluding hydrogens is 258 g/mol. The number of hydrogen-bond donors (Lipinski definition) is 1. The van der Waals surface area contributed by atoms with Gasteiger partial charge >= 0.3 is 0 Å². The van der Waals surface area contributed by atoms with E-state index in [-0.39, 0.29) is 6.04 Å². The number of nitrogens with zero attached hydrogens (tertiary/aromatic N) is 1. The third kappa shape index (κ3) is 3.44. The fourth-order valence-electron chi connectivity index (χ4n) is 2.54. The van der Waals surface area contributed by atoms with Crippen LogP contribution in [-0.4, -0.2) is 30.1 Å². The predicted molar refractivity (Wildman–Crippen MR) is 89.1 cm³/mol. The SMILES string of the molecule is CCC(C#CC(C)(O)c1cccc2ccccc12)N(C)C. The summed E-state index contributed by atoms with van der Waals surface area (Å²) < 4.78 is 0. The maximum absolute atomic E-state index is 10.8. The van der Waals surface area contributed by atoms with Crippen LogP contribution in [0, 0.1) is 11.8 Å². The second-order valence-corrected chi connectivity index (χ2v) is 5.76. The molecule has 0 spiro atoms. The number of aliphatic hydroxyl groups is 1. The highest BCUT2D eigenvalue weighted by molar-refractivity contribution is 5.86. The van der Waals surface area contributed by atoms with Crippen LogP contribution in [0.1, 0.15) is 25.8 Å². The number of benzene rings is 2. The Morgan fingerprint density at radius 2 is 1.81 bits per heavy atom. The molecule has 0 bridgehead atoms. The lowest BCUT2D eigenvalue weighted by Crippen LogP contribution is -2.27. The molecule has 2 rings (SSSR count). The van der Waals surface area contributed by atoms with Gasteiger partial charge in [-0.3, -0.25) is 4.90 Å². The number of fused-ring (bicyclic) bond motifs is 1. The zero-order valence-corrected chi connectivity index (χ0v) is 13.2. The largest absolute Gasteiger partial charge is 0.374 e. The lowest BCUT2D eigenvalue weighted by molar-refractivity contribution is 0.123. The van der Waals surface area contributed by atoms with E-state index in [2.05, 4.69) is 35.8 Å². The average Bonchev–Trinajstić information content (AvgIpc) is 2.46. The highest BCUT2D eigenvalue weighted by Crippen LogP contribution is 2.28. The van der Waals surface area contributed by atoms with Crippen molar-refractivity contribution in [1.82, 2.24) is 4.90 Å². The standard InChI is InChI=1S/C19H23NO/c1-5-16(20(3)4)13-14-19(2,21)18-12-8-10-15-9-6-7-11-17(15)18/h6-12,16,21H,5H2,1-4H3. The van der Waals surface area contributed by atoms with Gasteiger partial charge in [-0.05, 0) is 38.2 Å². The van der Waals surface area contributed by atoms with Crippen LogP contribution in [0.25, 0.3) is 10.8 Å². The molecule has 2 aromatic carbocycles. The summed E-state index contributed by atoms with van der Waals surface area (Å²) in [6.07, 6.45) is 0.936. The third-order valence-corrected chi connectivity index (χ3v) is 3.81. The maximum Gasteiger partial charge on any atom is 0.148 e. The Balaban J connectivity index is 2.45. The van der Waals surface area contributed by atoms with Crippen LogP contribution in [0.2, 0.25) is 0 Å². The molecule has 0 aromatic heterocycles. The van der Waals surface area contributed by atoms with E-state index in [1.54, 1.807) is 6.92 Å². The monoisotopic (exact) mass is 281 g/mol. The summed E-state index contributed by atoms with van der Waals surface area (Å²) in [6, 6.07) is 14.2. The van der Waals surface area contributed by atoms with Crippen LogP contribution in [-0.2, 0) is 5.60 Å². The lowest BCUT2D eigenvalue weighted by atomic mass is 9.91. The Hall–Kier alpha value is -1.82. The molecule has 2 unspecified atom stereocenters. The quantitative estimate of drug-likeness (QED) is 0.872. The minimum absolute atomic E-state index is 0.159.